The highest BCUT2D eigenvalue weighted by molar-refractivity contribution is 6.02. The number of aliphatic hydroxyl groups excluding tert-OH is 7. The molecule has 0 radical (unpaired) electrons. The van der Waals surface area contributed by atoms with E-state index in [0.717, 1.165) is 27.8 Å². The predicted octanol–water partition coefficient (Wildman–Crippen LogP) is 2.08. The second-order valence-corrected chi connectivity index (χ2v) is 17.1. The zero-order valence-electron chi connectivity index (χ0n) is 37.0. The summed E-state index contributed by atoms with van der Waals surface area (Å²) >= 11 is 0. The van der Waals surface area contributed by atoms with Crippen LogP contribution >= 0.6 is 0 Å². The van der Waals surface area contributed by atoms with E-state index in [4.69, 9.17) is 28.9 Å². The fourth-order valence-electron chi connectivity index (χ4n) is 9.32. The summed E-state index contributed by atoms with van der Waals surface area (Å²) in [6.07, 6.45) is -16.1. The first-order valence-electron chi connectivity index (χ1n) is 21.7. The lowest BCUT2D eigenvalue weighted by atomic mass is 9.85. The number of carbonyl (C=O) groups is 3. The summed E-state index contributed by atoms with van der Waals surface area (Å²) in [4.78, 5) is 55.9. The quantitative estimate of drug-likeness (QED) is 0.109. The van der Waals surface area contributed by atoms with E-state index in [0.29, 0.717) is 40.1 Å². The van der Waals surface area contributed by atoms with Gasteiger partial charge in [-0.15, -0.1) is 0 Å². The number of hydrogen-bond donors (Lipinski definition) is 11. The van der Waals surface area contributed by atoms with E-state index in [1.807, 2.05) is 39.8 Å². The molecule has 0 aromatic carbocycles. The summed E-state index contributed by atoms with van der Waals surface area (Å²) in [5, 5.41) is 93.7. The zero-order chi connectivity index (χ0) is 48.0. The van der Waals surface area contributed by atoms with Crippen LogP contribution in [0.25, 0.3) is 39.3 Å². The Morgan fingerprint density at radius 1 is 0.848 bits per heavy atom. The minimum Gasteiger partial charge on any atom is -0.481 e. The molecule has 2 saturated heterocycles. The molecule has 0 saturated carbocycles. The zero-order valence-corrected chi connectivity index (χ0v) is 37.0. The Bertz CT molecular complexity index is 2600. The lowest BCUT2D eigenvalue weighted by Gasteiger charge is -2.45. The molecule has 4 unspecified atom stereocenters. The number of nitrogens with zero attached hydrogens (tertiary/aromatic N) is 2. The number of aliphatic hydroxyl groups is 7. The van der Waals surface area contributed by atoms with Crippen LogP contribution in [0.15, 0.2) is 24.8 Å². The monoisotopic (exact) mass is 920 g/mol. The van der Waals surface area contributed by atoms with Gasteiger partial charge in [0.15, 0.2) is 12.6 Å². The van der Waals surface area contributed by atoms with Crippen LogP contribution in [-0.4, -0.2) is 158 Å². The fourth-order valence-corrected chi connectivity index (χ4v) is 9.32. The van der Waals surface area contributed by atoms with Crippen molar-refractivity contribution >= 4 is 57.2 Å². The maximum atomic E-state index is 13.5. The first-order chi connectivity index (χ1) is 31.3. The number of aromatic carboxylic acids is 1. The molecule has 20 nitrogen and oxygen atoms in total. The van der Waals surface area contributed by atoms with Gasteiger partial charge in [-0.25, -0.2) is 9.78 Å². The van der Waals surface area contributed by atoms with Crippen LogP contribution in [0.2, 0.25) is 0 Å². The fraction of sp³-hybridized carbons (Fsp3) is 0.500. The molecule has 0 aliphatic carbocycles. The molecule has 11 N–H and O–H groups in total. The number of H-pyrrole nitrogens is 2. The number of rotatable bonds is 13. The molecule has 7 rings (SSSR count). The SMILES string of the molecule is C=Cc1c(C)c2cc3nc(c(CC(=O)O)c4[nH]c(cc5nc(cc1[nH]2)C(C)=C5CC)c(C)c4C(=O)O)[C@@H](CCC(=O)OCC1O[C@@H](O[C@H]2C(O)[C@H](O)OC(CO)[C@H]2O)C(O)[C@H](O)[C@@H]1O)[C@@H]3C. The van der Waals surface area contributed by atoms with Crippen LogP contribution in [0.5, 0.6) is 0 Å². The first kappa shape index (κ1) is 48.5. The topological polar surface area (TPSA) is 328 Å². The second-order valence-electron chi connectivity index (χ2n) is 17.1. The summed E-state index contributed by atoms with van der Waals surface area (Å²) in [6.45, 7) is 12.0. The van der Waals surface area contributed by atoms with Crippen molar-refractivity contribution < 1.29 is 79.3 Å². The molecule has 7 heterocycles. The van der Waals surface area contributed by atoms with E-state index in [1.54, 1.807) is 19.1 Å². The number of allylic oxidation sites excluding steroid dienone is 2. The Labute approximate surface area is 377 Å². The van der Waals surface area contributed by atoms with Gasteiger partial charge in [-0.2, -0.15) is 0 Å². The van der Waals surface area contributed by atoms with Crippen molar-refractivity contribution in [3.05, 3.63) is 75.4 Å². The van der Waals surface area contributed by atoms with Crippen molar-refractivity contribution in [2.75, 3.05) is 13.2 Å². The molecule has 0 amide bonds. The molecule has 2 fully saturated rings. The van der Waals surface area contributed by atoms with Crippen molar-refractivity contribution in [1.82, 2.24) is 19.9 Å². The molecule has 3 aromatic rings. The Kier molecular flexibility index (Phi) is 14.3. The number of hydrogen-bond acceptors (Lipinski definition) is 16. The molecule has 66 heavy (non-hydrogen) atoms. The maximum Gasteiger partial charge on any atom is 0.338 e. The average molecular weight is 921 g/mol. The molecule has 8 bridgehead atoms. The number of aromatic nitrogens is 4. The Morgan fingerprint density at radius 2 is 1.55 bits per heavy atom. The van der Waals surface area contributed by atoms with Gasteiger partial charge < -0.3 is 74.9 Å². The van der Waals surface area contributed by atoms with Crippen LogP contribution in [0, 0.1) is 13.8 Å². The van der Waals surface area contributed by atoms with Gasteiger partial charge in [-0.05, 0) is 74.1 Å². The minimum absolute atomic E-state index is 0.0229. The molecule has 20 heteroatoms. The smallest absolute Gasteiger partial charge is 0.338 e. The van der Waals surface area contributed by atoms with Crippen LogP contribution in [0.1, 0.15) is 107 Å². The van der Waals surface area contributed by atoms with E-state index in [2.05, 4.69) is 16.5 Å². The number of aryl methyl sites for hydroxylation is 2. The number of nitrogens with one attached hydrogen (secondary N) is 2. The first-order valence-corrected chi connectivity index (χ1v) is 21.7. The third kappa shape index (κ3) is 9.05. The molecular weight excluding hydrogens is 865 g/mol. The number of carboxylic acids is 2. The second kappa shape index (κ2) is 19.4. The van der Waals surface area contributed by atoms with E-state index in [-0.39, 0.29) is 35.2 Å². The highest BCUT2D eigenvalue weighted by Gasteiger charge is 2.50. The number of aliphatic carboxylic acids is 1. The number of aromatic amines is 2. The lowest BCUT2D eigenvalue weighted by molar-refractivity contribution is -0.355. The van der Waals surface area contributed by atoms with E-state index in [1.165, 1.54) is 0 Å². The lowest BCUT2D eigenvalue weighted by Crippen LogP contribution is -2.64. The van der Waals surface area contributed by atoms with Gasteiger partial charge in [0, 0.05) is 51.6 Å². The molecule has 4 aliphatic rings. The number of carboxylic acid groups (broad SMARTS) is 2. The molecule has 0 spiro atoms. The number of ether oxygens (including phenoxy) is 4. The van der Waals surface area contributed by atoms with Crippen LogP contribution < -0.4 is 0 Å². The maximum absolute atomic E-state index is 13.5. The minimum atomic E-state index is -1.94. The Balaban J connectivity index is 1.24. The van der Waals surface area contributed by atoms with Gasteiger partial charge in [0.25, 0.3) is 0 Å². The summed E-state index contributed by atoms with van der Waals surface area (Å²) in [6, 6.07) is 5.53. The van der Waals surface area contributed by atoms with Crippen molar-refractivity contribution in [3.63, 3.8) is 0 Å². The average Bonchev–Trinajstić information content (AvgIpc) is 3.96. The largest absolute Gasteiger partial charge is 0.481 e. The van der Waals surface area contributed by atoms with Crippen molar-refractivity contribution in [3.8, 4) is 0 Å². The molecule has 3 aromatic heterocycles. The van der Waals surface area contributed by atoms with Crippen LogP contribution in [-0.2, 0) is 35.0 Å². The highest BCUT2D eigenvalue weighted by Crippen LogP contribution is 2.43. The normalized spacial score (nSPS) is 28.9. The van der Waals surface area contributed by atoms with E-state index in [9.17, 15) is 60.3 Å². The molecule has 356 valence electrons. The van der Waals surface area contributed by atoms with Gasteiger partial charge in [-0.3, -0.25) is 14.6 Å². The van der Waals surface area contributed by atoms with Gasteiger partial charge in [-0.1, -0.05) is 26.5 Å². The van der Waals surface area contributed by atoms with Crippen LogP contribution in [0.4, 0.5) is 0 Å². The number of esters is 1. The molecule has 12 atom stereocenters. The van der Waals surface area contributed by atoms with E-state index >= 15 is 0 Å². The van der Waals surface area contributed by atoms with Gasteiger partial charge in [0.1, 0.15) is 55.4 Å². The highest BCUT2D eigenvalue weighted by atomic mass is 16.7. The van der Waals surface area contributed by atoms with Crippen LogP contribution in [0.3, 0.4) is 0 Å². The predicted molar refractivity (Wildman–Crippen MR) is 235 cm³/mol. The standard InChI is InChI=1S/C46H56N4O16/c1-7-21-17(3)25-12-27-19(5)23(9-10-34(54)63-16-32-38(55)40(57)41(58)46(65-32)66-43-39(56)31(15-51)64-45(62)42(43)59)36(49-27)24(11-33(52)53)37-35(44(60)61)20(6)28(50-37)14-30-22(8-2)18(4)26(48-30)13-29(21)47-25/h7,12-14,19,23,31-32,38-43,45-47,50-51,55-59,62H,1,8-11,15-16H2,2-6H3,(H,52,53)(H,60,61)/t19-,23-,31?,32?,38+,39+,40+,41?,42?,43+,45+,46-/m0/s1. The molecule has 4 aliphatic heterocycles. The summed E-state index contributed by atoms with van der Waals surface area (Å²) in [7, 11) is 0. The summed E-state index contributed by atoms with van der Waals surface area (Å²) < 4.78 is 21.6. The van der Waals surface area contributed by atoms with Gasteiger partial charge >= 0.3 is 17.9 Å². The molecular formula is C46H56N4O16. The van der Waals surface area contributed by atoms with E-state index < -0.39 is 111 Å². The summed E-state index contributed by atoms with van der Waals surface area (Å²) in [5.41, 5.74) is 7.86. The number of carbonyl (C=O) groups excluding carboxylic acids is 1. The van der Waals surface area contributed by atoms with Crippen molar-refractivity contribution in [1.29, 1.82) is 0 Å². The van der Waals surface area contributed by atoms with Crippen molar-refractivity contribution in [2.24, 2.45) is 0 Å². The van der Waals surface area contributed by atoms with Gasteiger partial charge in [0.05, 0.1) is 41.2 Å². The Hall–Kier alpha value is -5.39. The van der Waals surface area contributed by atoms with Gasteiger partial charge in [0.2, 0.25) is 0 Å². The Morgan fingerprint density at radius 3 is 2.20 bits per heavy atom. The number of fused-ring (bicyclic) bond motifs is 8. The third-order valence-electron chi connectivity index (χ3n) is 13.1. The third-order valence-corrected chi connectivity index (χ3v) is 13.1. The summed E-state index contributed by atoms with van der Waals surface area (Å²) in [5.74, 6) is -4.49. The van der Waals surface area contributed by atoms with Crippen molar-refractivity contribution in [2.45, 2.75) is 134 Å².